The summed E-state index contributed by atoms with van der Waals surface area (Å²) in [6.45, 7) is 5.97. The smallest absolute Gasteiger partial charge is 0.225 e. The molecule has 1 aliphatic heterocycles. The van der Waals surface area contributed by atoms with E-state index < -0.39 is 0 Å². The Morgan fingerprint density at radius 1 is 1.47 bits per heavy atom. The lowest BCUT2D eigenvalue weighted by atomic mass is 9.89. The normalized spacial score (nSPS) is 20.7. The van der Waals surface area contributed by atoms with Crippen molar-refractivity contribution < 1.29 is 9.53 Å². The minimum absolute atomic E-state index is 0.0812. The molecule has 1 fully saturated rings. The van der Waals surface area contributed by atoms with Crippen molar-refractivity contribution in [3.05, 3.63) is 0 Å². The quantitative estimate of drug-likeness (QED) is 0.749. The van der Waals surface area contributed by atoms with Crippen molar-refractivity contribution in [3.63, 3.8) is 0 Å². The van der Waals surface area contributed by atoms with Gasteiger partial charge in [0.1, 0.15) is 0 Å². The Bertz CT molecular complexity index is 221. The van der Waals surface area contributed by atoms with E-state index in [1.807, 2.05) is 18.7 Å². The van der Waals surface area contributed by atoms with Crippen molar-refractivity contribution in [2.24, 2.45) is 11.7 Å². The monoisotopic (exact) mass is 214 g/mol. The lowest BCUT2D eigenvalue weighted by molar-refractivity contribution is -0.136. The standard InChI is InChI=1S/C11H22N2O2/c1-9(2)10(14)13-6-4-11(12,5-7-13)8-15-3/h9H,4-8,12H2,1-3H3. The third-order valence-electron chi connectivity index (χ3n) is 3.00. The van der Waals surface area contributed by atoms with E-state index in [1.54, 1.807) is 7.11 Å². The number of hydrogen-bond donors (Lipinski definition) is 1. The number of amides is 1. The lowest BCUT2D eigenvalue weighted by Gasteiger charge is -2.39. The van der Waals surface area contributed by atoms with Gasteiger partial charge in [0, 0.05) is 31.7 Å². The molecule has 2 N–H and O–H groups in total. The molecule has 0 unspecified atom stereocenters. The lowest BCUT2D eigenvalue weighted by Crippen LogP contribution is -2.54. The summed E-state index contributed by atoms with van der Waals surface area (Å²) in [4.78, 5) is 13.6. The van der Waals surface area contributed by atoms with Crippen LogP contribution in [0.1, 0.15) is 26.7 Å². The fourth-order valence-electron chi connectivity index (χ4n) is 1.97. The molecule has 0 spiro atoms. The van der Waals surface area contributed by atoms with E-state index in [9.17, 15) is 4.79 Å². The van der Waals surface area contributed by atoms with Gasteiger partial charge < -0.3 is 15.4 Å². The van der Waals surface area contributed by atoms with Gasteiger partial charge in [-0.2, -0.15) is 0 Å². The molecule has 1 saturated heterocycles. The van der Waals surface area contributed by atoms with Gasteiger partial charge in [-0.05, 0) is 12.8 Å². The van der Waals surface area contributed by atoms with Crippen molar-refractivity contribution in [1.82, 2.24) is 4.90 Å². The Morgan fingerprint density at radius 2 is 2.00 bits per heavy atom. The molecular formula is C11H22N2O2. The predicted octanol–water partition coefficient (Wildman–Crippen LogP) is 0.609. The molecule has 88 valence electrons. The number of likely N-dealkylation sites (tertiary alicyclic amines) is 1. The summed E-state index contributed by atoms with van der Waals surface area (Å²) in [5.74, 6) is 0.312. The predicted molar refractivity (Wildman–Crippen MR) is 59.4 cm³/mol. The molecule has 4 nitrogen and oxygen atoms in total. The number of hydrogen-bond acceptors (Lipinski definition) is 3. The van der Waals surface area contributed by atoms with E-state index >= 15 is 0 Å². The first-order chi connectivity index (χ1) is 6.98. The zero-order chi connectivity index (χ0) is 11.5. The molecule has 0 aromatic rings. The van der Waals surface area contributed by atoms with Crippen molar-refractivity contribution >= 4 is 5.91 Å². The van der Waals surface area contributed by atoms with Gasteiger partial charge in [0.05, 0.1) is 6.61 Å². The first-order valence-electron chi connectivity index (χ1n) is 5.55. The number of piperidine rings is 1. The number of carbonyl (C=O) groups is 1. The minimum atomic E-state index is -0.234. The van der Waals surface area contributed by atoms with Crippen LogP contribution in [0, 0.1) is 5.92 Å². The highest BCUT2D eigenvalue weighted by Gasteiger charge is 2.32. The highest BCUT2D eigenvalue weighted by atomic mass is 16.5. The Hall–Kier alpha value is -0.610. The molecule has 0 bridgehead atoms. The number of methoxy groups -OCH3 is 1. The Morgan fingerprint density at radius 3 is 2.40 bits per heavy atom. The first kappa shape index (κ1) is 12.5. The maximum atomic E-state index is 11.7. The SMILES string of the molecule is COCC1(N)CCN(C(=O)C(C)C)CC1. The van der Waals surface area contributed by atoms with Gasteiger partial charge in [0.25, 0.3) is 0 Å². The molecule has 0 aliphatic carbocycles. The maximum absolute atomic E-state index is 11.7. The molecule has 1 heterocycles. The van der Waals surface area contributed by atoms with Gasteiger partial charge in [0.15, 0.2) is 0 Å². The fraction of sp³-hybridized carbons (Fsp3) is 0.909. The zero-order valence-corrected chi connectivity index (χ0v) is 9.95. The number of nitrogens with two attached hydrogens (primary N) is 1. The molecule has 4 heteroatoms. The van der Waals surface area contributed by atoms with Crippen molar-refractivity contribution in [2.75, 3.05) is 26.8 Å². The molecule has 0 aromatic carbocycles. The molecule has 0 atom stereocenters. The first-order valence-corrected chi connectivity index (χ1v) is 5.55. The molecule has 1 rings (SSSR count). The van der Waals surface area contributed by atoms with Crippen molar-refractivity contribution in [1.29, 1.82) is 0 Å². The number of nitrogens with zero attached hydrogens (tertiary/aromatic N) is 1. The average Bonchev–Trinajstić information content (AvgIpc) is 2.18. The third kappa shape index (κ3) is 3.18. The van der Waals surface area contributed by atoms with Crippen LogP contribution in [0.25, 0.3) is 0 Å². The molecule has 15 heavy (non-hydrogen) atoms. The van der Waals surface area contributed by atoms with Gasteiger partial charge in [-0.1, -0.05) is 13.8 Å². The zero-order valence-electron chi connectivity index (χ0n) is 9.95. The Kier molecular flexibility index (Phi) is 4.11. The summed E-state index contributed by atoms with van der Waals surface area (Å²) in [6.07, 6.45) is 1.67. The molecule has 1 aliphatic rings. The minimum Gasteiger partial charge on any atom is -0.383 e. The third-order valence-corrected chi connectivity index (χ3v) is 3.00. The van der Waals surface area contributed by atoms with Crippen LogP contribution in [0.5, 0.6) is 0 Å². The Balaban J connectivity index is 2.45. The van der Waals surface area contributed by atoms with Crippen LogP contribution in [0.2, 0.25) is 0 Å². The van der Waals surface area contributed by atoms with Crippen molar-refractivity contribution in [2.45, 2.75) is 32.2 Å². The maximum Gasteiger partial charge on any atom is 0.225 e. The van der Waals surface area contributed by atoms with Crippen LogP contribution >= 0.6 is 0 Å². The Labute approximate surface area is 91.8 Å². The van der Waals surface area contributed by atoms with Gasteiger partial charge in [-0.25, -0.2) is 0 Å². The largest absolute Gasteiger partial charge is 0.383 e. The van der Waals surface area contributed by atoms with Gasteiger partial charge in [-0.15, -0.1) is 0 Å². The van der Waals surface area contributed by atoms with Crippen molar-refractivity contribution in [3.8, 4) is 0 Å². The van der Waals surface area contributed by atoms with Crippen LogP contribution in [-0.4, -0.2) is 43.2 Å². The molecule has 0 aromatic heterocycles. The second-order valence-corrected chi connectivity index (χ2v) is 4.78. The second kappa shape index (κ2) is 4.94. The summed E-state index contributed by atoms with van der Waals surface area (Å²) < 4.78 is 5.10. The highest BCUT2D eigenvalue weighted by Crippen LogP contribution is 2.21. The van der Waals surface area contributed by atoms with E-state index in [1.165, 1.54) is 0 Å². The topological polar surface area (TPSA) is 55.6 Å². The molecule has 1 amide bonds. The van der Waals surface area contributed by atoms with Gasteiger partial charge >= 0.3 is 0 Å². The average molecular weight is 214 g/mol. The van der Waals surface area contributed by atoms with Crippen LogP contribution in [-0.2, 0) is 9.53 Å². The summed E-state index contributed by atoms with van der Waals surface area (Å²) in [5.41, 5.74) is 5.91. The van der Waals surface area contributed by atoms with E-state index in [4.69, 9.17) is 10.5 Å². The van der Waals surface area contributed by atoms with E-state index in [0.29, 0.717) is 6.61 Å². The summed E-state index contributed by atoms with van der Waals surface area (Å²) in [7, 11) is 1.67. The van der Waals surface area contributed by atoms with E-state index in [2.05, 4.69) is 0 Å². The number of rotatable bonds is 3. The van der Waals surface area contributed by atoms with Crippen LogP contribution in [0.15, 0.2) is 0 Å². The molecular weight excluding hydrogens is 192 g/mol. The van der Waals surface area contributed by atoms with Crippen LogP contribution in [0.4, 0.5) is 0 Å². The van der Waals surface area contributed by atoms with E-state index in [0.717, 1.165) is 25.9 Å². The molecule has 0 radical (unpaired) electrons. The van der Waals surface area contributed by atoms with Gasteiger partial charge in [0.2, 0.25) is 5.91 Å². The summed E-state index contributed by atoms with van der Waals surface area (Å²) in [6, 6.07) is 0. The van der Waals surface area contributed by atoms with E-state index in [-0.39, 0.29) is 17.4 Å². The van der Waals surface area contributed by atoms with Gasteiger partial charge in [-0.3, -0.25) is 4.79 Å². The van der Waals surface area contributed by atoms with Crippen LogP contribution in [0.3, 0.4) is 0 Å². The fourth-order valence-corrected chi connectivity index (χ4v) is 1.97. The summed E-state index contributed by atoms with van der Waals surface area (Å²) >= 11 is 0. The highest BCUT2D eigenvalue weighted by molar-refractivity contribution is 5.78. The summed E-state index contributed by atoms with van der Waals surface area (Å²) in [5, 5.41) is 0. The number of carbonyl (C=O) groups excluding carboxylic acids is 1. The second-order valence-electron chi connectivity index (χ2n) is 4.78. The van der Waals surface area contributed by atoms with Crippen LogP contribution < -0.4 is 5.73 Å². The number of ether oxygens (including phenoxy) is 1. The molecule has 0 saturated carbocycles.